The predicted molar refractivity (Wildman–Crippen MR) is 72.3 cm³/mol. The van der Waals surface area contributed by atoms with E-state index in [1.165, 1.54) is 9.80 Å². The normalized spacial score (nSPS) is 24.0. The standard InChI is InChI=1S/C13H25N3O3/c1-13(2,3)19-12(18)16-8-6-7-9(10(16)14)11(17)15(4)5/h9-10H,6-8,14H2,1-5H3. The zero-order valence-electron chi connectivity index (χ0n) is 12.5. The number of likely N-dealkylation sites (tertiary alicyclic amines) is 1. The van der Waals surface area contributed by atoms with Gasteiger partial charge in [-0.05, 0) is 33.6 Å². The van der Waals surface area contributed by atoms with E-state index in [0.717, 1.165) is 6.42 Å². The molecular formula is C13H25N3O3. The molecule has 6 heteroatoms. The Morgan fingerprint density at radius 3 is 2.37 bits per heavy atom. The zero-order chi connectivity index (χ0) is 14.8. The van der Waals surface area contributed by atoms with Crippen LogP contribution in [0.1, 0.15) is 33.6 Å². The number of amides is 2. The van der Waals surface area contributed by atoms with Crippen LogP contribution in [0.25, 0.3) is 0 Å². The summed E-state index contributed by atoms with van der Waals surface area (Å²) in [5.74, 6) is -0.392. The van der Waals surface area contributed by atoms with Gasteiger partial charge in [-0.2, -0.15) is 0 Å². The van der Waals surface area contributed by atoms with Gasteiger partial charge in [0.15, 0.2) is 0 Å². The third-order valence-corrected chi connectivity index (χ3v) is 3.07. The Morgan fingerprint density at radius 1 is 1.32 bits per heavy atom. The number of nitrogens with two attached hydrogens (primary N) is 1. The molecule has 0 aromatic rings. The Labute approximate surface area is 114 Å². The fraction of sp³-hybridized carbons (Fsp3) is 0.846. The second-order valence-electron chi connectivity index (χ2n) is 6.15. The maximum atomic E-state index is 12.1. The molecule has 0 bridgehead atoms. The van der Waals surface area contributed by atoms with E-state index in [-0.39, 0.29) is 11.8 Å². The minimum atomic E-state index is -0.613. The Morgan fingerprint density at radius 2 is 1.89 bits per heavy atom. The van der Waals surface area contributed by atoms with Gasteiger partial charge >= 0.3 is 6.09 Å². The van der Waals surface area contributed by atoms with Crippen LogP contribution in [-0.2, 0) is 9.53 Å². The van der Waals surface area contributed by atoms with Gasteiger partial charge in [0.05, 0.1) is 12.1 Å². The largest absolute Gasteiger partial charge is 0.444 e. The van der Waals surface area contributed by atoms with Crippen LogP contribution >= 0.6 is 0 Å². The summed E-state index contributed by atoms with van der Waals surface area (Å²) in [6.07, 6.45) is 0.407. The molecule has 1 saturated heterocycles. The lowest BCUT2D eigenvalue weighted by molar-refractivity contribution is -0.136. The molecule has 1 rings (SSSR count). The molecule has 0 saturated carbocycles. The van der Waals surface area contributed by atoms with Crippen molar-refractivity contribution in [3.8, 4) is 0 Å². The summed E-state index contributed by atoms with van der Waals surface area (Å²) in [5, 5.41) is 0. The topological polar surface area (TPSA) is 75.9 Å². The van der Waals surface area contributed by atoms with Gasteiger partial charge < -0.3 is 15.4 Å². The lowest BCUT2D eigenvalue weighted by Gasteiger charge is -2.39. The molecule has 0 aliphatic carbocycles. The van der Waals surface area contributed by atoms with Gasteiger partial charge in [0.1, 0.15) is 5.60 Å². The van der Waals surface area contributed by atoms with E-state index in [9.17, 15) is 9.59 Å². The van der Waals surface area contributed by atoms with E-state index in [0.29, 0.717) is 13.0 Å². The average Bonchev–Trinajstić information content (AvgIpc) is 2.25. The molecule has 0 spiro atoms. The van der Waals surface area contributed by atoms with Crippen molar-refractivity contribution in [1.82, 2.24) is 9.80 Å². The smallest absolute Gasteiger partial charge is 0.411 e. The summed E-state index contributed by atoms with van der Waals surface area (Å²) in [6.45, 7) is 5.96. The molecule has 1 aliphatic heterocycles. The van der Waals surface area contributed by atoms with Crippen LogP contribution in [0.4, 0.5) is 4.79 Å². The number of ether oxygens (including phenoxy) is 1. The van der Waals surface area contributed by atoms with Gasteiger partial charge in [-0.1, -0.05) is 0 Å². The molecule has 6 nitrogen and oxygen atoms in total. The molecule has 1 heterocycles. The molecular weight excluding hydrogens is 246 g/mol. The highest BCUT2D eigenvalue weighted by Crippen LogP contribution is 2.24. The van der Waals surface area contributed by atoms with Crippen LogP contribution in [0.3, 0.4) is 0 Å². The third-order valence-electron chi connectivity index (χ3n) is 3.07. The molecule has 0 aromatic carbocycles. The average molecular weight is 271 g/mol. The summed E-state index contributed by atoms with van der Waals surface area (Å²) in [6, 6.07) is 0. The van der Waals surface area contributed by atoms with Crippen LogP contribution in [0, 0.1) is 5.92 Å². The van der Waals surface area contributed by atoms with Gasteiger partial charge in [-0.15, -0.1) is 0 Å². The molecule has 110 valence electrons. The number of nitrogens with zero attached hydrogens (tertiary/aromatic N) is 2. The number of rotatable bonds is 1. The number of carbonyl (C=O) groups is 2. The molecule has 0 radical (unpaired) electrons. The van der Waals surface area contributed by atoms with E-state index in [4.69, 9.17) is 10.5 Å². The first kappa shape index (κ1) is 15.8. The van der Waals surface area contributed by atoms with E-state index in [2.05, 4.69) is 0 Å². The molecule has 2 atom stereocenters. The summed E-state index contributed by atoms with van der Waals surface area (Å²) >= 11 is 0. The summed E-state index contributed by atoms with van der Waals surface area (Å²) in [5.41, 5.74) is 5.50. The lowest BCUT2D eigenvalue weighted by Crippen LogP contribution is -2.57. The zero-order valence-corrected chi connectivity index (χ0v) is 12.5. The van der Waals surface area contributed by atoms with Gasteiger partial charge in [-0.3, -0.25) is 9.69 Å². The molecule has 2 N–H and O–H groups in total. The predicted octanol–water partition coefficient (Wildman–Crippen LogP) is 1.01. The van der Waals surface area contributed by atoms with Crippen LogP contribution < -0.4 is 5.73 Å². The van der Waals surface area contributed by atoms with Gasteiger partial charge in [-0.25, -0.2) is 4.79 Å². The van der Waals surface area contributed by atoms with E-state index < -0.39 is 17.9 Å². The van der Waals surface area contributed by atoms with Crippen molar-refractivity contribution in [3.63, 3.8) is 0 Å². The first-order valence-electron chi connectivity index (χ1n) is 6.60. The molecule has 1 aliphatic rings. The van der Waals surface area contributed by atoms with Crippen LogP contribution in [0.5, 0.6) is 0 Å². The SMILES string of the molecule is CN(C)C(=O)C1CCCN(C(=O)OC(C)(C)C)C1N. The quantitative estimate of drug-likeness (QED) is 0.772. The first-order valence-corrected chi connectivity index (χ1v) is 6.60. The summed E-state index contributed by atoms with van der Waals surface area (Å²) in [7, 11) is 3.39. The van der Waals surface area contributed by atoms with Crippen molar-refractivity contribution >= 4 is 12.0 Å². The Bertz CT molecular complexity index is 350. The molecule has 1 fully saturated rings. The molecule has 0 aromatic heterocycles. The first-order chi connectivity index (χ1) is 8.63. The van der Waals surface area contributed by atoms with Gasteiger partial charge in [0.2, 0.25) is 5.91 Å². The van der Waals surface area contributed by atoms with Gasteiger partial charge in [0.25, 0.3) is 0 Å². The highest BCUT2D eigenvalue weighted by atomic mass is 16.6. The van der Waals surface area contributed by atoms with Crippen molar-refractivity contribution in [2.45, 2.75) is 45.4 Å². The van der Waals surface area contributed by atoms with Crippen LogP contribution in [0.2, 0.25) is 0 Å². The molecule has 2 unspecified atom stereocenters. The second kappa shape index (κ2) is 5.77. The van der Waals surface area contributed by atoms with Crippen LogP contribution in [0.15, 0.2) is 0 Å². The number of carbonyl (C=O) groups excluding carboxylic acids is 2. The highest BCUT2D eigenvalue weighted by Gasteiger charge is 2.38. The van der Waals surface area contributed by atoms with E-state index in [1.807, 2.05) is 20.8 Å². The fourth-order valence-electron chi connectivity index (χ4n) is 2.15. The summed E-state index contributed by atoms with van der Waals surface area (Å²) < 4.78 is 5.32. The van der Waals surface area contributed by atoms with Crippen LogP contribution in [-0.4, -0.2) is 54.2 Å². The van der Waals surface area contributed by atoms with Gasteiger partial charge in [0, 0.05) is 20.6 Å². The monoisotopic (exact) mass is 271 g/mol. The molecule has 2 amide bonds. The maximum absolute atomic E-state index is 12.1. The third kappa shape index (κ3) is 4.09. The summed E-state index contributed by atoms with van der Waals surface area (Å²) in [4.78, 5) is 27.1. The van der Waals surface area contributed by atoms with Crippen molar-refractivity contribution in [2.75, 3.05) is 20.6 Å². The van der Waals surface area contributed by atoms with Crippen molar-refractivity contribution in [3.05, 3.63) is 0 Å². The number of hydrogen-bond donors (Lipinski definition) is 1. The fourth-order valence-corrected chi connectivity index (χ4v) is 2.15. The molecule has 19 heavy (non-hydrogen) atoms. The Balaban J connectivity index is 2.75. The maximum Gasteiger partial charge on any atom is 0.411 e. The second-order valence-corrected chi connectivity index (χ2v) is 6.15. The minimum Gasteiger partial charge on any atom is -0.444 e. The number of piperidine rings is 1. The Kier molecular flexibility index (Phi) is 4.79. The van der Waals surface area contributed by atoms with Crippen molar-refractivity contribution in [2.24, 2.45) is 11.7 Å². The highest BCUT2D eigenvalue weighted by molar-refractivity contribution is 5.80. The van der Waals surface area contributed by atoms with E-state index >= 15 is 0 Å². The Hall–Kier alpha value is -1.30. The number of hydrogen-bond acceptors (Lipinski definition) is 4. The minimum absolute atomic E-state index is 0.0410. The lowest BCUT2D eigenvalue weighted by atomic mass is 9.93. The van der Waals surface area contributed by atoms with Crippen molar-refractivity contribution in [1.29, 1.82) is 0 Å². The van der Waals surface area contributed by atoms with E-state index in [1.54, 1.807) is 14.1 Å². The van der Waals surface area contributed by atoms with Crippen molar-refractivity contribution < 1.29 is 14.3 Å².